The highest BCUT2D eigenvalue weighted by Crippen LogP contribution is 1.99. The Morgan fingerprint density at radius 1 is 1.45 bits per heavy atom. The van der Waals surface area contributed by atoms with Crippen LogP contribution in [0.4, 0.5) is 10.5 Å². The number of amides is 1. The standard InChI is InChI=1S/C6H7N3O2/c10-6(11)9-8-5-1-3-7-4-2-5/h1-4,9H,(H,7,8)(H,10,11). The smallest absolute Gasteiger partial charge is 0.423 e. The van der Waals surface area contributed by atoms with Crippen molar-refractivity contribution in [2.75, 3.05) is 5.43 Å². The molecule has 0 saturated carbocycles. The zero-order chi connectivity index (χ0) is 8.10. The largest absolute Gasteiger partial charge is 0.464 e. The molecule has 0 radical (unpaired) electrons. The molecule has 1 aromatic heterocycles. The molecule has 0 aliphatic rings. The second kappa shape index (κ2) is 3.40. The Hall–Kier alpha value is -1.78. The van der Waals surface area contributed by atoms with Crippen molar-refractivity contribution in [3.8, 4) is 0 Å². The topological polar surface area (TPSA) is 74.2 Å². The first-order valence-corrected chi connectivity index (χ1v) is 2.94. The van der Waals surface area contributed by atoms with Crippen LogP contribution in [0, 0.1) is 0 Å². The molecule has 3 N–H and O–H groups in total. The van der Waals surface area contributed by atoms with Crippen LogP contribution in [-0.2, 0) is 0 Å². The van der Waals surface area contributed by atoms with E-state index in [1.54, 1.807) is 24.5 Å². The molecule has 5 nitrogen and oxygen atoms in total. The molecule has 0 unspecified atom stereocenters. The number of hydrogen-bond acceptors (Lipinski definition) is 3. The third-order valence-electron chi connectivity index (χ3n) is 0.994. The van der Waals surface area contributed by atoms with Gasteiger partial charge in [0, 0.05) is 12.4 Å². The summed E-state index contributed by atoms with van der Waals surface area (Å²) in [5, 5.41) is 8.19. The van der Waals surface area contributed by atoms with Crippen molar-refractivity contribution in [3.05, 3.63) is 24.5 Å². The van der Waals surface area contributed by atoms with Crippen molar-refractivity contribution in [1.29, 1.82) is 0 Å². The Balaban J connectivity index is 2.45. The fourth-order valence-corrected chi connectivity index (χ4v) is 0.561. The number of anilines is 1. The minimum absolute atomic E-state index is 0.655. The molecule has 0 aliphatic heterocycles. The summed E-state index contributed by atoms with van der Waals surface area (Å²) in [6, 6.07) is 3.30. The number of nitrogens with one attached hydrogen (secondary N) is 2. The van der Waals surface area contributed by atoms with E-state index in [1.165, 1.54) is 0 Å². The molecule has 11 heavy (non-hydrogen) atoms. The quantitative estimate of drug-likeness (QED) is 0.546. The van der Waals surface area contributed by atoms with Gasteiger partial charge >= 0.3 is 6.09 Å². The third-order valence-corrected chi connectivity index (χ3v) is 0.994. The van der Waals surface area contributed by atoms with Gasteiger partial charge in [-0.3, -0.25) is 10.4 Å². The van der Waals surface area contributed by atoms with Gasteiger partial charge in [0.25, 0.3) is 0 Å². The summed E-state index contributed by atoms with van der Waals surface area (Å²) >= 11 is 0. The number of aromatic nitrogens is 1. The first-order valence-electron chi connectivity index (χ1n) is 2.94. The summed E-state index contributed by atoms with van der Waals surface area (Å²) in [4.78, 5) is 13.7. The van der Waals surface area contributed by atoms with Crippen LogP contribution < -0.4 is 10.9 Å². The highest BCUT2D eigenvalue weighted by Gasteiger charge is 1.91. The van der Waals surface area contributed by atoms with Crippen LogP contribution in [-0.4, -0.2) is 16.2 Å². The lowest BCUT2D eigenvalue weighted by molar-refractivity contribution is 0.197. The van der Waals surface area contributed by atoms with E-state index in [1.807, 2.05) is 5.43 Å². The average molecular weight is 153 g/mol. The molecule has 0 spiro atoms. The van der Waals surface area contributed by atoms with E-state index in [9.17, 15) is 4.79 Å². The van der Waals surface area contributed by atoms with Crippen LogP contribution in [0.1, 0.15) is 0 Å². The fraction of sp³-hybridized carbons (Fsp3) is 0. The Morgan fingerprint density at radius 3 is 2.64 bits per heavy atom. The molecule has 1 amide bonds. The summed E-state index contributed by atoms with van der Waals surface area (Å²) in [6.45, 7) is 0. The molecule has 1 aromatic rings. The van der Waals surface area contributed by atoms with Gasteiger partial charge in [-0.15, -0.1) is 0 Å². The minimum Gasteiger partial charge on any atom is -0.464 e. The molecule has 0 aliphatic carbocycles. The molecule has 0 saturated heterocycles. The van der Waals surface area contributed by atoms with Crippen molar-refractivity contribution in [3.63, 3.8) is 0 Å². The summed E-state index contributed by atoms with van der Waals surface area (Å²) in [5.74, 6) is 0. The highest BCUT2D eigenvalue weighted by atomic mass is 16.4. The van der Waals surface area contributed by atoms with Crippen molar-refractivity contribution < 1.29 is 9.90 Å². The van der Waals surface area contributed by atoms with Gasteiger partial charge in [-0.25, -0.2) is 10.2 Å². The normalized spacial score (nSPS) is 8.73. The van der Waals surface area contributed by atoms with Gasteiger partial charge < -0.3 is 5.11 Å². The van der Waals surface area contributed by atoms with Gasteiger partial charge in [0.2, 0.25) is 0 Å². The molecule has 1 rings (SSSR count). The molecule has 5 heteroatoms. The van der Waals surface area contributed by atoms with Gasteiger partial charge in [-0.1, -0.05) is 0 Å². The molecular formula is C6H7N3O2. The van der Waals surface area contributed by atoms with Gasteiger partial charge in [0.15, 0.2) is 0 Å². The lowest BCUT2D eigenvalue weighted by Crippen LogP contribution is -2.27. The van der Waals surface area contributed by atoms with Crippen LogP contribution in [0.3, 0.4) is 0 Å². The predicted molar refractivity (Wildman–Crippen MR) is 39.0 cm³/mol. The molecule has 1 heterocycles. The van der Waals surface area contributed by atoms with E-state index in [4.69, 9.17) is 5.11 Å². The van der Waals surface area contributed by atoms with E-state index >= 15 is 0 Å². The number of nitrogens with zero attached hydrogens (tertiary/aromatic N) is 1. The van der Waals surface area contributed by atoms with E-state index in [-0.39, 0.29) is 0 Å². The Labute approximate surface area is 63.0 Å². The monoisotopic (exact) mass is 153 g/mol. The number of carbonyl (C=O) groups is 1. The summed E-state index contributed by atoms with van der Waals surface area (Å²) in [7, 11) is 0. The predicted octanol–water partition coefficient (Wildman–Crippen LogP) is 0.676. The maximum absolute atomic E-state index is 9.98. The van der Waals surface area contributed by atoms with Gasteiger partial charge in [0.1, 0.15) is 0 Å². The van der Waals surface area contributed by atoms with E-state index in [2.05, 4.69) is 10.4 Å². The summed E-state index contributed by atoms with van der Waals surface area (Å²) in [5.41, 5.74) is 5.11. The van der Waals surface area contributed by atoms with Crippen molar-refractivity contribution in [2.45, 2.75) is 0 Å². The van der Waals surface area contributed by atoms with Gasteiger partial charge in [0.05, 0.1) is 5.69 Å². The molecule has 0 atom stereocenters. The first-order chi connectivity index (χ1) is 5.29. The highest BCUT2D eigenvalue weighted by molar-refractivity contribution is 5.66. The molecule has 0 fully saturated rings. The lowest BCUT2D eigenvalue weighted by Gasteiger charge is -2.02. The molecule has 0 aromatic carbocycles. The maximum Gasteiger partial charge on any atom is 0.423 e. The second-order valence-electron chi connectivity index (χ2n) is 1.79. The summed E-state index contributed by atoms with van der Waals surface area (Å²) < 4.78 is 0. The Bertz CT molecular complexity index is 237. The van der Waals surface area contributed by atoms with Crippen molar-refractivity contribution in [1.82, 2.24) is 10.4 Å². The number of pyridine rings is 1. The van der Waals surface area contributed by atoms with E-state index < -0.39 is 6.09 Å². The zero-order valence-electron chi connectivity index (χ0n) is 5.61. The summed E-state index contributed by atoms with van der Waals surface area (Å²) in [6.07, 6.45) is 2.00. The SMILES string of the molecule is O=C(O)NNc1ccncc1. The number of carboxylic acid groups (broad SMARTS) is 1. The molecule has 0 bridgehead atoms. The van der Waals surface area contributed by atoms with Crippen molar-refractivity contribution in [2.24, 2.45) is 0 Å². The first kappa shape index (κ1) is 7.33. The molecular weight excluding hydrogens is 146 g/mol. The number of hydrogen-bond donors (Lipinski definition) is 3. The van der Waals surface area contributed by atoms with Crippen LogP contribution >= 0.6 is 0 Å². The number of rotatable bonds is 2. The number of hydrazine groups is 1. The Kier molecular flexibility index (Phi) is 2.27. The third kappa shape index (κ3) is 2.53. The Morgan fingerprint density at radius 2 is 2.09 bits per heavy atom. The zero-order valence-corrected chi connectivity index (χ0v) is 5.61. The lowest BCUT2D eigenvalue weighted by atomic mass is 10.4. The minimum atomic E-state index is -1.12. The van der Waals surface area contributed by atoms with E-state index in [0.29, 0.717) is 5.69 Å². The second-order valence-corrected chi connectivity index (χ2v) is 1.79. The average Bonchev–Trinajstić information content (AvgIpc) is 2.03. The maximum atomic E-state index is 9.98. The molecule has 58 valence electrons. The van der Waals surface area contributed by atoms with E-state index in [0.717, 1.165) is 0 Å². The van der Waals surface area contributed by atoms with Crippen LogP contribution in [0.2, 0.25) is 0 Å². The van der Waals surface area contributed by atoms with Gasteiger partial charge in [-0.05, 0) is 12.1 Å². The van der Waals surface area contributed by atoms with Crippen LogP contribution in [0.25, 0.3) is 0 Å². The van der Waals surface area contributed by atoms with Crippen LogP contribution in [0.5, 0.6) is 0 Å². The fourth-order valence-electron chi connectivity index (χ4n) is 0.561. The van der Waals surface area contributed by atoms with Gasteiger partial charge in [-0.2, -0.15) is 0 Å². The van der Waals surface area contributed by atoms with Crippen LogP contribution in [0.15, 0.2) is 24.5 Å². The van der Waals surface area contributed by atoms with Crippen molar-refractivity contribution >= 4 is 11.8 Å².